The first-order valence-corrected chi connectivity index (χ1v) is 12.8. The predicted octanol–water partition coefficient (Wildman–Crippen LogP) is 1.90. The Bertz CT molecular complexity index is 881. The van der Waals surface area contributed by atoms with E-state index in [1.54, 1.807) is 18.2 Å². The van der Waals surface area contributed by atoms with Crippen molar-refractivity contribution >= 4 is 19.9 Å². The second-order valence-corrected chi connectivity index (χ2v) is 12.4. The van der Waals surface area contributed by atoms with Crippen LogP contribution in [0.4, 0.5) is 0 Å². The maximum Gasteiger partial charge on any atom is 0.243 e. The Balaban J connectivity index is 1.86. The van der Waals surface area contributed by atoms with Crippen LogP contribution in [0.3, 0.4) is 0 Å². The van der Waals surface area contributed by atoms with E-state index in [1.807, 2.05) is 13.0 Å². The monoisotopic (exact) mass is 414 g/mol. The fraction of sp³-hybridized carbons (Fsp3) is 0.684. The number of rotatable bonds is 4. The molecule has 6 nitrogen and oxygen atoms in total. The van der Waals surface area contributed by atoms with Crippen molar-refractivity contribution in [1.29, 1.82) is 0 Å². The highest BCUT2D eigenvalue weighted by Gasteiger charge is 2.44. The van der Waals surface area contributed by atoms with Crippen LogP contribution in [-0.2, 0) is 19.9 Å². The van der Waals surface area contributed by atoms with Gasteiger partial charge in [0.05, 0.1) is 15.9 Å². The zero-order chi connectivity index (χ0) is 19.8. The Morgan fingerprint density at radius 2 is 1.85 bits per heavy atom. The number of hydrogen-bond donors (Lipinski definition) is 0. The number of benzene rings is 1. The quantitative estimate of drug-likeness (QED) is 0.752. The zero-order valence-electron chi connectivity index (χ0n) is 16.3. The third kappa shape index (κ3) is 4.39. The molecule has 8 heteroatoms. The van der Waals surface area contributed by atoms with Gasteiger partial charge in [-0.2, -0.15) is 4.31 Å². The lowest BCUT2D eigenvalue weighted by molar-refractivity contribution is 0.163. The van der Waals surface area contributed by atoms with Crippen molar-refractivity contribution in [1.82, 2.24) is 9.21 Å². The topological polar surface area (TPSA) is 74.8 Å². The lowest BCUT2D eigenvalue weighted by Crippen LogP contribution is -2.55. The van der Waals surface area contributed by atoms with E-state index in [-0.39, 0.29) is 23.2 Å². The molecule has 0 saturated carbocycles. The first-order chi connectivity index (χ1) is 12.6. The lowest BCUT2D eigenvalue weighted by Gasteiger charge is -2.40. The van der Waals surface area contributed by atoms with Gasteiger partial charge in [-0.25, -0.2) is 16.8 Å². The first-order valence-electron chi connectivity index (χ1n) is 9.63. The highest BCUT2D eigenvalue weighted by molar-refractivity contribution is 7.92. The molecule has 0 N–H and O–H groups in total. The minimum atomic E-state index is -3.61. The van der Waals surface area contributed by atoms with E-state index < -0.39 is 25.1 Å². The summed E-state index contributed by atoms with van der Waals surface area (Å²) in [6.45, 7) is 8.14. The Morgan fingerprint density at radius 1 is 1.15 bits per heavy atom. The molecule has 2 fully saturated rings. The minimum absolute atomic E-state index is 0.0936. The molecule has 0 aliphatic carbocycles. The molecule has 2 aliphatic heterocycles. The van der Waals surface area contributed by atoms with Gasteiger partial charge in [-0.3, -0.25) is 4.90 Å². The minimum Gasteiger partial charge on any atom is -0.298 e. The fourth-order valence-electron chi connectivity index (χ4n) is 4.30. The van der Waals surface area contributed by atoms with Gasteiger partial charge in [-0.05, 0) is 43.4 Å². The third-order valence-corrected chi connectivity index (χ3v) is 9.71. The van der Waals surface area contributed by atoms with Crippen molar-refractivity contribution in [2.45, 2.75) is 49.8 Å². The molecule has 0 unspecified atom stereocenters. The Kier molecular flexibility index (Phi) is 6.01. The molecule has 0 radical (unpaired) electrons. The standard InChI is InChI=1S/C19H30N2O4S2/c1-15(2)14-20-11-12-26(22,23)19-8-10-21(9-7-18(19)20)27(24,25)17-6-4-5-16(3)13-17/h4-6,13,15,18-19H,7-12,14H2,1-3H3/t18-,19+/m0/s1. The van der Waals surface area contributed by atoms with Crippen molar-refractivity contribution in [3.63, 3.8) is 0 Å². The number of hydrogen-bond acceptors (Lipinski definition) is 5. The predicted molar refractivity (Wildman–Crippen MR) is 107 cm³/mol. The highest BCUT2D eigenvalue weighted by atomic mass is 32.2. The van der Waals surface area contributed by atoms with Crippen LogP contribution in [0.5, 0.6) is 0 Å². The van der Waals surface area contributed by atoms with E-state index in [0.29, 0.717) is 31.8 Å². The number of fused-ring (bicyclic) bond motifs is 1. The van der Waals surface area contributed by atoms with Gasteiger partial charge in [0.2, 0.25) is 10.0 Å². The molecule has 2 heterocycles. The fourth-order valence-corrected chi connectivity index (χ4v) is 7.91. The van der Waals surface area contributed by atoms with Crippen molar-refractivity contribution in [2.24, 2.45) is 5.92 Å². The van der Waals surface area contributed by atoms with E-state index in [4.69, 9.17) is 0 Å². The van der Waals surface area contributed by atoms with Crippen LogP contribution in [0.15, 0.2) is 29.2 Å². The molecule has 2 atom stereocenters. The number of nitrogens with zero attached hydrogens (tertiary/aromatic N) is 2. The average Bonchev–Trinajstić information content (AvgIpc) is 2.82. The molecule has 0 bridgehead atoms. The molecule has 3 rings (SSSR count). The van der Waals surface area contributed by atoms with Crippen LogP contribution in [0.2, 0.25) is 0 Å². The Hall–Kier alpha value is -0.960. The summed E-state index contributed by atoms with van der Waals surface area (Å²) in [5.41, 5.74) is 0.894. The van der Waals surface area contributed by atoms with Crippen LogP contribution in [-0.4, -0.2) is 69.3 Å². The summed E-state index contributed by atoms with van der Waals surface area (Å²) in [7, 11) is -6.79. The van der Waals surface area contributed by atoms with Crippen LogP contribution < -0.4 is 0 Å². The summed E-state index contributed by atoms with van der Waals surface area (Å²) in [4.78, 5) is 2.55. The van der Waals surface area contributed by atoms with E-state index in [9.17, 15) is 16.8 Å². The molecule has 152 valence electrons. The van der Waals surface area contributed by atoms with Crippen molar-refractivity contribution in [3.05, 3.63) is 29.8 Å². The van der Waals surface area contributed by atoms with Crippen LogP contribution in [0, 0.1) is 12.8 Å². The average molecular weight is 415 g/mol. The summed E-state index contributed by atoms with van der Waals surface area (Å²) in [5.74, 6) is 0.618. The largest absolute Gasteiger partial charge is 0.298 e. The number of sulfonamides is 1. The molecule has 1 aromatic rings. The maximum atomic E-state index is 13.1. The summed E-state index contributed by atoms with van der Waals surface area (Å²) >= 11 is 0. The maximum absolute atomic E-state index is 13.1. The van der Waals surface area contributed by atoms with Crippen molar-refractivity contribution in [2.75, 3.05) is 31.9 Å². The third-order valence-electron chi connectivity index (χ3n) is 5.59. The van der Waals surface area contributed by atoms with Gasteiger partial charge in [0, 0.05) is 32.2 Å². The number of aryl methyl sites for hydroxylation is 1. The molecule has 2 saturated heterocycles. The van der Waals surface area contributed by atoms with Crippen LogP contribution in [0.1, 0.15) is 32.3 Å². The molecule has 0 aromatic heterocycles. The number of sulfone groups is 1. The molecule has 0 spiro atoms. The SMILES string of the molecule is Cc1cccc(S(=O)(=O)N2CC[C@@H]3[C@H](CC2)N(CC(C)C)CCS3(=O)=O)c1. The first kappa shape index (κ1) is 20.8. The molecular formula is C19H30N2O4S2. The second kappa shape index (κ2) is 7.81. The van der Waals surface area contributed by atoms with E-state index in [1.165, 1.54) is 4.31 Å². The summed E-state index contributed by atoms with van der Waals surface area (Å²) in [6.07, 6.45) is 0.925. The van der Waals surface area contributed by atoms with E-state index in [2.05, 4.69) is 18.7 Å². The van der Waals surface area contributed by atoms with Crippen LogP contribution >= 0.6 is 0 Å². The molecule has 2 aliphatic rings. The van der Waals surface area contributed by atoms with Crippen LogP contribution in [0.25, 0.3) is 0 Å². The van der Waals surface area contributed by atoms with Gasteiger partial charge in [0.1, 0.15) is 0 Å². The Morgan fingerprint density at radius 3 is 2.52 bits per heavy atom. The molecule has 0 amide bonds. The summed E-state index contributed by atoms with van der Waals surface area (Å²) < 4.78 is 53.0. The van der Waals surface area contributed by atoms with Gasteiger partial charge < -0.3 is 0 Å². The zero-order valence-corrected chi connectivity index (χ0v) is 18.0. The van der Waals surface area contributed by atoms with E-state index in [0.717, 1.165) is 12.1 Å². The van der Waals surface area contributed by atoms with Gasteiger partial charge in [0.15, 0.2) is 9.84 Å². The smallest absolute Gasteiger partial charge is 0.243 e. The van der Waals surface area contributed by atoms with Gasteiger partial charge in [0.25, 0.3) is 0 Å². The molecule has 1 aromatic carbocycles. The lowest BCUT2D eigenvalue weighted by atomic mass is 10.0. The molecule has 27 heavy (non-hydrogen) atoms. The van der Waals surface area contributed by atoms with E-state index >= 15 is 0 Å². The molecular weight excluding hydrogens is 384 g/mol. The van der Waals surface area contributed by atoms with Gasteiger partial charge >= 0.3 is 0 Å². The van der Waals surface area contributed by atoms with Gasteiger partial charge in [-0.1, -0.05) is 26.0 Å². The summed E-state index contributed by atoms with van der Waals surface area (Å²) in [6, 6.07) is 6.81. The van der Waals surface area contributed by atoms with Crippen molar-refractivity contribution in [3.8, 4) is 0 Å². The van der Waals surface area contributed by atoms with Gasteiger partial charge in [-0.15, -0.1) is 0 Å². The summed E-state index contributed by atoms with van der Waals surface area (Å²) in [5, 5.41) is -0.470. The highest BCUT2D eigenvalue weighted by Crippen LogP contribution is 2.30. The second-order valence-electron chi connectivity index (χ2n) is 8.16. The normalized spacial score (nSPS) is 27.3. The van der Waals surface area contributed by atoms with Crippen molar-refractivity contribution < 1.29 is 16.8 Å². The Labute approximate surface area is 163 Å².